The Hall–Kier alpha value is -1.95. The number of nitrogens with two attached hydrogens (primary N) is 1. The molecule has 1 aromatic carbocycles. The number of nitrogen functional groups attached to an aromatic ring is 1. The smallest absolute Gasteiger partial charge is 0.253 e. The van der Waals surface area contributed by atoms with Crippen molar-refractivity contribution >= 4 is 11.6 Å². The summed E-state index contributed by atoms with van der Waals surface area (Å²) in [7, 11) is 0. The molecular weight excluding hydrogens is 270 g/mol. The van der Waals surface area contributed by atoms with Crippen LogP contribution in [-0.4, -0.2) is 43.3 Å². The maximum atomic E-state index is 12.4. The maximum Gasteiger partial charge on any atom is 0.253 e. The summed E-state index contributed by atoms with van der Waals surface area (Å²) in [6, 6.07) is 3.52. The minimum Gasteiger partial charge on any atom is -0.454 e. The topological polar surface area (TPSA) is 76.8 Å². The van der Waals surface area contributed by atoms with E-state index < -0.39 is 0 Å². The van der Waals surface area contributed by atoms with Gasteiger partial charge in [0.15, 0.2) is 11.5 Å². The molecule has 6 heteroatoms. The van der Waals surface area contributed by atoms with Crippen LogP contribution in [0.5, 0.6) is 11.5 Å². The van der Waals surface area contributed by atoms with Gasteiger partial charge in [0.2, 0.25) is 6.79 Å². The molecule has 2 aliphatic heterocycles. The quantitative estimate of drug-likeness (QED) is 0.819. The number of amides is 1. The fraction of sp³-hybridized carbons (Fsp3) is 0.533. The molecule has 2 aliphatic rings. The lowest BCUT2D eigenvalue weighted by Crippen LogP contribution is -2.44. The SMILES string of the molecule is CCN1CCC(NC(=O)c2cc3c(cc2N)OCO3)CC1. The number of nitrogens with one attached hydrogen (secondary N) is 1. The highest BCUT2D eigenvalue weighted by Crippen LogP contribution is 2.35. The van der Waals surface area contributed by atoms with Gasteiger partial charge >= 0.3 is 0 Å². The number of carbonyl (C=O) groups excluding carboxylic acids is 1. The zero-order chi connectivity index (χ0) is 14.8. The van der Waals surface area contributed by atoms with Crippen molar-refractivity contribution in [2.45, 2.75) is 25.8 Å². The summed E-state index contributed by atoms with van der Waals surface area (Å²) in [6.07, 6.45) is 1.95. The van der Waals surface area contributed by atoms with E-state index in [1.54, 1.807) is 12.1 Å². The first-order chi connectivity index (χ1) is 10.2. The summed E-state index contributed by atoms with van der Waals surface area (Å²) in [6.45, 7) is 5.45. The van der Waals surface area contributed by atoms with Crippen LogP contribution in [0.4, 0.5) is 5.69 Å². The number of hydrogen-bond donors (Lipinski definition) is 2. The molecule has 1 aromatic rings. The third-order valence-corrected chi connectivity index (χ3v) is 4.16. The van der Waals surface area contributed by atoms with Crippen LogP contribution in [0.15, 0.2) is 12.1 Å². The minimum absolute atomic E-state index is 0.138. The number of nitrogens with zero attached hydrogens (tertiary/aromatic N) is 1. The van der Waals surface area contributed by atoms with Crippen LogP contribution in [0.3, 0.4) is 0 Å². The van der Waals surface area contributed by atoms with E-state index in [4.69, 9.17) is 15.2 Å². The van der Waals surface area contributed by atoms with Crippen LogP contribution < -0.4 is 20.5 Å². The van der Waals surface area contributed by atoms with Crippen molar-refractivity contribution in [1.82, 2.24) is 10.2 Å². The molecule has 6 nitrogen and oxygen atoms in total. The van der Waals surface area contributed by atoms with Crippen LogP contribution >= 0.6 is 0 Å². The molecule has 21 heavy (non-hydrogen) atoms. The molecule has 0 atom stereocenters. The summed E-state index contributed by atoms with van der Waals surface area (Å²) < 4.78 is 10.5. The molecule has 3 rings (SSSR count). The standard InChI is InChI=1S/C15H21N3O3/c1-2-18-5-3-10(4-6-18)17-15(19)11-7-13-14(8-12(11)16)21-9-20-13/h7-8,10H,2-6,9,16H2,1H3,(H,17,19). The van der Waals surface area contributed by atoms with E-state index in [0.717, 1.165) is 32.5 Å². The average Bonchev–Trinajstić information content (AvgIpc) is 2.94. The molecule has 2 heterocycles. The highest BCUT2D eigenvalue weighted by molar-refractivity contribution is 6.00. The largest absolute Gasteiger partial charge is 0.454 e. The number of anilines is 1. The molecule has 114 valence electrons. The first-order valence-corrected chi connectivity index (χ1v) is 7.39. The Balaban J connectivity index is 1.66. The number of rotatable bonds is 3. The Morgan fingerprint density at radius 2 is 2.00 bits per heavy atom. The van der Waals surface area contributed by atoms with Crippen molar-refractivity contribution in [3.63, 3.8) is 0 Å². The van der Waals surface area contributed by atoms with Crippen molar-refractivity contribution in [3.05, 3.63) is 17.7 Å². The van der Waals surface area contributed by atoms with E-state index >= 15 is 0 Å². The molecule has 0 spiro atoms. The lowest BCUT2D eigenvalue weighted by Gasteiger charge is -2.31. The van der Waals surface area contributed by atoms with Gasteiger partial charge in [-0.25, -0.2) is 0 Å². The number of piperidine rings is 1. The Bertz CT molecular complexity index is 539. The highest BCUT2D eigenvalue weighted by atomic mass is 16.7. The van der Waals surface area contributed by atoms with Gasteiger partial charge in [-0.1, -0.05) is 6.92 Å². The van der Waals surface area contributed by atoms with E-state index in [1.807, 2.05) is 0 Å². The third-order valence-electron chi connectivity index (χ3n) is 4.16. The third kappa shape index (κ3) is 2.90. The molecule has 0 saturated carbocycles. The molecule has 3 N–H and O–H groups in total. The van der Waals surface area contributed by atoms with Crippen LogP contribution in [0.1, 0.15) is 30.1 Å². The summed E-state index contributed by atoms with van der Waals surface area (Å²) in [5, 5.41) is 3.07. The van der Waals surface area contributed by atoms with Gasteiger partial charge in [0.05, 0.1) is 5.56 Å². The zero-order valence-electron chi connectivity index (χ0n) is 12.2. The van der Waals surface area contributed by atoms with Crippen molar-refractivity contribution in [1.29, 1.82) is 0 Å². The maximum absolute atomic E-state index is 12.4. The molecule has 0 aromatic heterocycles. The van der Waals surface area contributed by atoms with Gasteiger partial charge < -0.3 is 25.4 Å². The van der Waals surface area contributed by atoms with Crippen LogP contribution in [0, 0.1) is 0 Å². The van der Waals surface area contributed by atoms with Gasteiger partial charge in [-0.2, -0.15) is 0 Å². The van der Waals surface area contributed by atoms with E-state index in [1.165, 1.54) is 0 Å². The lowest BCUT2D eigenvalue weighted by atomic mass is 10.0. The van der Waals surface area contributed by atoms with E-state index in [2.05, 4.69) is 17.1 Å². The zero-order valence-corrected chi connectivity index (χ0v) is 12.2. The molecule has 1 amide bonds. The Morgan fingerprint density at radius 3 is 2.67 bits per heavy atom. The normalized spacial score (nSPS) is 18.7. The van der Waals surface area contributed by atoms with Gasteiger partial charge in [0.1, 0.15) is 0 Å². The molecule has 0 unspecified atom stereocenters. The Labute approximate surface area is 124 Å². The molecule has 0 aliphatic carbocycles. The Morgan fingerprint density at radius 1 is 1.33 bits per heavy atom. The molecule has 1 fully saturated rings. The molecule has 0 radical (unpaired) electrons. The van der Waals surface area contributed by atoms with E-state index in [-0.39, 0.29) is 18.7 Å². The van der Waals surface area contributed by atoms with Gasteiger partial charge in [0, 0.05) is 30.9 Å². The monoisotopic (exact) mass is 291 g/mol. The molecule has 0 bridgehead atoms. The average molecular weight is 291 g/mol. The van der Waals surface area contributed by atoms with Gasteiger partial charge in [-0.05, 0) is 25.5 Å². The minimum atomic E-state index is -0.138. The molecule has 1 saturated heterocycles. The van der Waals surface area contributed by atoms with Crippen LogP contribution in [-0.2, 0) is 0 Å². The first-order valence-electron chi connectivity index (χ1n) is 7.39. The summed E-state index contributed by atoms with van der Waals surface area (Å²) >= 11 is 0. The number of likely N-dealkylation sites (tertiary alicyclic amines) is 1. The summed E-state index contributed by atoms with van der Waals surface area (Å²) in [5.41, 5.74) is 6.81. The predicted molar refractivity (Wildman–Crippen MR) is 79.6 cm³/mol. The highest BCUT2D eigenvalue weighted by Gasteiger charge is 2.23. The number of carbonyl (C=O) groups is 1. The van der Waals surface area contributed by atoms with Crippen molar-refractivity contribution in [2.75, 3.05) is 32.2 Å². The fourth-order valence-electron chi connectivity index (χ4n) is 2.81. The second-order valence-electron chi connectivity index (χ2n) is 5.47. The van der Waals surface area contributed by atoms with Gasteiger partial charge in [-0.3, -0.25) is 4.79 Å². The first kappa shape index (κ1) is 14.0. The van der Waals surface area contributed by atoms with E-state index in [9.17, 15) is 4.79 Å². The summed E-state index contributed by atoms with van der Waals surface area (Å²) in [4.78, 5) is 14.8. The van der Waals surface area contributed by atoms with Crippen molar-refractivity contribution in [3.8, 4) is 11.5 Å². The number of benzene rings is 1. The molecular formula is C15H21N3O3. The van der Waals surface area contributed by atoms with Crippen molar-refractivity contribution < 1.29 is 14.3 Å². The lowest BCUT2D eigenvalue weighted by molar-refractivity contribution is 0.0913. The Kier molecular flexibility index (Phi) is 3.88. The van der Waals surface area contributed by atoms with E-state index in [0.29, 0.717) is 22.7 Å². The fourth-order valence-corrected chi connectivity index (χ4v) is 2.81. The second-order valence-corrected chi connectivity index (χ2v) is 5.47. The number of fused-ring (bicyclic) bond motifs is 1. The predicted octanol–water partition coefficient (Wildman–Crippen LogP) is 1.21. The number of ether oxygens (including phenoxy) is 2. The second kappa shape index (κ2) is 5.81. The number of hydrogen-bond acceptors (Lipinski definition) is 5. The summed E-state index contributed by atoms with van der Waals surface area (Å²) in [5.74, 6) is 1.04. The van der Waals surface area contributed by atoms with Gasteiger partial charge in [-0.15, -0.1) is 0 Å². The van der Waals surface area contributed by atoms with Crippen molar-refractivity contribution in [2.24, 2.45) is 0 Å². The van der Waals surface area contributed by atoms with Crippen LogP contribution in [0.2, 0.25) is 0 Å². The van der Waals surface area contributed by atoms with Crippen LogP contribution in [0.25, 0.3) is 0 Å². The van der Waals surface area contributed by atoms with Gasteiger partial charge in [0.25, 0.3) is 5.91 Å².